The van der Waals surface area contributed by atoms with Gasteiger partial charge in [0.1, 0.15) is 6.61 Å². The maximum Gasteiger partial charge on any atom is 0.250 e. The van der Waals surface area contributed by atoms with E-state index in [4.69, 9.17) is 4.74 Å². The van der Waals surface area contributed by atoms with E-state index in [1.165, 1.54) is 19.3 Å². The van der Waals surface area contributed by atoms with Crippen molar-refractivity contribution in [2.24, 2.45) is 0 Å². The fraction of sp³-hybridized carbons (Fsp3) is 0.412. The van der Waals surface area contributed by atoms with Gasteiger partial charge in [-0.1, -0.05) is 31.4 Å². The van der Waals surface area contributed by atoms with Crippen LogP contribution in [0.4, 0.5) is 5.69 Å². The molecule has 1 amide bonds. The molecule has 1 heterocycles. The Labute approximate surface area is 144 Å². The number of amides is 1. The van der Waals surface area contributed by atoms with Gasteiger partial charge in [0.25, 0.3) is 0 Å². The molecular weight excluding hydrogens is 358 g/mol. The van der Waals surface area contributed by atoms with Crippen LogP contribution in [0.1, 0.15) is 32.1 Å². The van der Waals surface area contributed by atoms with Crippen LogP contribution in [0.3, 0.4) is 0 Å². The van der Waals surface area contributed by atoms with Crippen LogP contribution in [0.5, 0.6) is 0 Å². The smallest absolute Gasteiger partial charge is 0.250 e. The molecule has 0 atom stereocenters. The number of nitrogens with zero attached hydrogens (tertiary/aromatic N) is 2. The monoisotopic (exact) mass is 377 g/mol. The van der Waals surface area contributed by atoms with Crippen molar-refractivity contribution in [3.05, 3.63) is 41.1 Å². The van der Waals surface area contributed by atoms with Gasteiger partial charge in [-0.15, -0.1) is 0 Å². The number of aromatic nitrogens is 2. The van der Waals surface area contributed by atoms with Crippen LogP contribution >= 0.6 is 15.9 Å². The number of ether oxygens (including phenoxy) is 1. The first kappa shape index (κ1) is 16.2. The third-order valence-corrected chi connectivity index (χ3v) is 4.39. The van der Waals surface area contributed by atoms with Gasteiger partial charge in [-0.05, 0) is 40.9 Å². The number of hydrogen-bond donors (Lipinski definition) is 1. The molecule has 0 radical (unpaired) electrons. The molecule has 0 saturated heterocycles. The number of para-hydroxylation sites is 2. The standard InChI is InChI=1S/C17H20BrN3O2/c18-13-10-19-21(11-13)16-9-5-4-8-15(16)20-17(22)12-23-14-6-2-1-3-7-14/h4-5,8-11,14H,1-3,6-7,12H2,(H,20,22). The highest BCUT2D eigenvalue weighted by molar-refractivity contribution is 9.10. The number of benzene rings is 1. The van der Waals surface area contributed by atoms with E-state index in [9.17, 15) is 4.79 Å². The van der Waals surface area contributed by atoms with Crippen LogP contribution in [-0.4, -0.2) is 28.4 Å². The molecule has 122 valence electrons. The number of nitrogens with one attached hydrogen (secondary N) is 1. The lowest BCUT2D eigenvalue weighted by atomic mass is 9.98. The molecular formula is C17H20BrN3O2. The average Bonchev–Trinajstić information content (AvgIpc) is 3.01. The van der Waals surface area contributed by atoms with Gasteiger partial charge in [-0.3, -0.25) is 4.79 Å². The van der Waals surface area contributed by atoms with Gasteiger partial charge in [0, 0.05) is 6.20 Å². The third-order valence-electron chi connectivity index (χ3n) is 3.98. The second-order valence-electron chi connectivity index (χ2n) is 5.74. The van der Waals surface area contributed by atoms with E-state index in [-0.39, 0.29) is 18.6 Å². The summed E-state index contributed by atoms with van der Waals surface area (Å²) >= 11 is 3.38. The van der Waals surface area contributed by atoms with E-state index >= 15 is 0 Å². The van der Waals surface area contributed by atoms with Crippen molar-refractivity contribution in [1.82, 2.24) is 9.78 Å². The van der Waals surface area contributed by atoms with Gasteiger partial charge in [0.15, 0.2) is 0 Å². The Balaban J connectivity index is 1.62. The molecule has 6 heteroatoms. The number of halogens is 1. The topological polar surface area (TPSA) is 56.1 Å². The maximum absolute atomic E-state index is 12.2. The van der Waals surface area contributed by atoms with E-state index in [0.717, 1.165) is 28.7 Å². The van der Waals surface area contributed by atoms with Crippen LogP contribution in [0.25, 0.3) is 5.69 Å². The van der Waals surface area contributed by atoms with Crippen LogP contribution in [0.15, 0.2) is 41.1 Å². The molecule has 1 fully saturated rings. The Hall–Kier alpha value is -1.66. The highest BCUT2D eigenvalue weighted by Crippen LogP contribution is 2.22. The van der Waals surface area contributed by atoms with Crippen molar-refractivity contribution in [2.75, 3.05) is 11.9 Å². The first-order valence-electron chi connectivity index (χ1n) is 7.93. The molecule has 0 spiro atoms. The first-order valence-corrected chi connectivity index (χ1v) is 8.73. The van der Waals surface area contributed by atoms with Crippen LogP contribution in [-0.2, 0) is 9.53 Å². The Bertz CT molecular complexity index is 665. The minimum Gasteiger partial charge on any atom is -0.368 e. The molecule has 23 heavy (non-hydrogen) atoms. The van der Waals surface area contributed by atoms with Crippen LogP contribution in [0.2, 0.25) is 0 Å². The largest absolute Gasteiger partial charge is 0.368 e. The molecule has 1 N–H and O–H groups in total. The fourth-order valence-corrected chi connectivity index (χ4v) is 3.11. The zero-order chi connectivity index (χ0) is 16.1. The summed E-state index contributed by atoms with van der Waals surface area (Å²) in [5.74, 6) is -0.130. The lowest BCUT2D eigenvalue weighted by molar-refractivity contribution is -0.123. The molecule has 1 aromatic carbocycles. The highest BCUT2D eigenvalue weighted by Gasteiger charge is 2.16. The normalized spacial score (nSPS) is 15.5. The SMILES string of the molecule is O=C(COC1CCCCC1)Nc1ccccc1-n1cc(Br)cn1. The molecule has 0 bridgehead atoms. The Kier molecular flexibility index (Phi) is 5.46. The fourth-order valence-electron chi connectivity index (χ4n) is 2.82. The summed E-state index contributed by atoms with van der Waals surface area (Å²) in [4.78, 5) is 12.2. The van der Waals surface area contributed by atoms with Crippen molar-refractivity contribution in [2.45, 2.75) is 38.2 Å². The zero-order valence-electron chi connectivity index (χ0n) is 12.9. The summed E-state index contributed by atoms with van der Waals surface area (Å²) < 4.78 is 8.34. The molecule has 5 nitrogen and oxygen atoms in total. The molecule has 1 saturated carbocycles. The number of carbonyl (C=O) groups excluding carboxylic acids is 1. The van der Waals surface area contributed by atoms with Crippen molar-refractivity contribution >= 4 is 27.5 Å². The Morgan fingerprint density at radius 2 is 2.09 bits per heavy atom. The van der Waals surface area contributed by atoms with Crippen molar-refractivity contribution < 1.29 is 9.53 Å². The van der Waals surface area contributed by atoms with E-state index in [1.807, 2.05) is 30.5 Å². The molecule has 1 aliphatic rings. The summed E-state index contributed by atoms with van der Waals surface area (Å²) in [5, 5.41) is 7.18. The number of carbonyl (C=O) groups is 1. The van der Waals surface area contributed by atoms with Gasteiger partial charge in [-0.25, -0.2) is 4.68 Å². The Morgan fingerprint density at radius 3 is 2.83 bits per heavy atom. The molecule has 1 aliphatic carbocycles. The first-order chi connectivity index (χ1) is 11.2. The summed E-state index contributed by atoms with van der Waals surface area (Å²) in [6, 6.07) is 7.58. The minimum atomic E-state index is -0.130. The highest BCUT2D eigenvalue weighted by atomic mass is 79.9. The molecule has 0 aliphatic heterocycles. The lowest BCUT2D eigenvalue weighted by Gasteiger charge is -2.21. The molecule has 1 aromatic heterocycles. The van der Waals surface area contributed by atoms with Gasteiger partial charge >= 0.3 is 0 Å². The quantitative estimate of drug-likeness (QED) is 0.858. The van der Waals surface area contributed by atoms with E-state index in [0.29, 0.717) is 0 Å². The van der Waals surface area contributed by atoms with Crippen molar-refractivity contribution in [3.8, 4) is 5.69 Å². The van der Waals surface area contributed by atoms with Gasteiger partial charge in [0.2, 0.25) is 5.91 Å². The zero-order valence-corrected chi connectivity index (χ0v) is 14.5. The van der Waals surface area contributed by atoms with Gasteiger partial charge in [-0.2, -0.15) is 5.10 Å². The number of rotatable bonds is 5. The summed E-state index contributed by atoms with van der Waals surface area (Å²) in [5.41, 5.74) is 1.55. The van der Waals surface area contributed by atoms with Crippen molar-refractivity contribution in [3.63, 3.8) is 0 Å². The summed E-state index contributed by atoms with van der Waals surface area (Å²) in [6.45, 7) is 0.0990. The van der Waals surface area contributed by atoms with E-state index < -0.39 is 0 Å². The van der Waals surface area contributed by atoms with E-state index in [1.54, 1.807) is 10.9 Å². The summed E-state index contributed by atoms with van der Waals surface area (Å²) in [6.07, 6.45) is 9.59. The summed E-state index contributed by atoms with van der Waals surface area (Å²) in [7, 11) is 0. The lowest BCUT2D eigenvalue weighted by Crippen LogP contribution is -2.25. The minimum absolute atomic E-state index is 0.0990. The second-order valence-corrected chi connectivity index (χ2v) is 6.66. The van der Waals surface area contributed by atoms with Crippen molar-refractivity contribution in [1.29, 1.82) is 0 Å². The van der Waals surface area contributed by atoms with E-state index in [2.05, 4.69) is 26.3 Å². The predicted octanol–water partition coefficient (Wildman–Crippen LogP) is 3.92. The van der Waals surface area contributed by atoms with Crippen LogP contribution in [0, 0.1) is 0 Å². The maximum atomic E-state index is 12.2. The number of hydrogen-bond acceptors (Lipinski definition) is 3. The second kappa shape index (κ2) is 7.75. The predicted molar refractivity (Wildman–Crippen MR) is 92.7 cm³/mol. The van der Waals surface area contributed by atoms with Gasteiger partial charge < -0.3 is 10.1 Å². The third kappa shape index (κ3) is 4.42. The van der Waals surface area contributed by atoms with Crippen LogP contribution < -0.4 is 5.32 Å². The molecule has 3 rings (SSSR count). The number of anilines is 1. The van der Waals surface area contributed by atoms with Gasteiger partial charge in [0.05, 0.1) is 28.1 Å². The average molecular weight is 378 g/mol. The Morgan fingerprint density at radius 1 is 1.30 bits per heavy atom. The molecule has 2 aromatic rings. The molecule has 0 unspecified atom stereocenters.